The number of halogens is 2. The molecule has 0 radical (unpaired) electrons. The van der Waals surface area contributed by atoms with Gasteiger partial charge in [0, 0.05) is 24.7 Å². The smallest absolute Gasteiger partial charge is 0.254 e. The SMILES string of the molecule is O=C(c1cc(F)cc(F)c1)N1CCC([C@@H](O)c2ccccc2)CC1. The Morgan fingerprint density at radius 1 is 1.04 bits per heavy atom. The number of amides is 1. The standard InChI is InChI=1S/C19H19F2NO2/c20-16-10-15(11-17(21)12-16)19(24)22-8-6-14(7-9-22)18(23)13-4-2-1-3-5-13/h1-5,10-12,14,18,23H,6-9H2/t18-/m0/s1. The van der Waals surface area contributed by atoms with Crippen molar-refractivity contribution in [3.63, 3.8) is 0 Å². The van der Waals surface area contributed by atoms with E-state index in [-0.39, 0.29) is 17.4 Å². The molecule has 1 atom stereocenters. The second kappa shape index (κ2) is 7.09. The lowest BCUT2D eigenvalue weighted by molar-refractivity contribution is 0.0462. The summed E-state index contributed by atoms with van der Waals surface area (Å²) in [5, 5.41) is 10.5. The zero-order valence-electron chi connectivity index (χ0n) is 13.2. The van der Waals surface area contributed by atoms with Gasteiger partial charge in [-0.15, -0.1) is 0 Å². The molecule has 24 heavy (non-hydrogen) atoms. The number of hydrogen-bond donors (Lipinski definition) is 1. The molecule has 3 rings (SSSR count). The van der Waals surface area contributed by atoms with Gasteiger partial charge < -0.3 is 10.0 Å². The average Bonchev–Trinajstić information content (AvgIpc) is 2.60. The van der Waals surface area contributed by atoms with Crippen molar-refractivity contribution in [1.82, 2.24) is 4.90 Å². The molecule has 1 saturated heterocycles. The first-order chi connectivity index (χ1) is 11.5. The van der Waals surface area contributed by atoms with E-state index in [0.717, 1.165) is 23.8 Å². The molecule has 126 valence electrons. The molecule has 1 heterocycles. The average molecular weight is 331 g/mol. The molecule has 1 amide bonds. The van der Waals surface area contributed by atoms with E-state index in [1.54, 1.807) is 4.90 Å². The van der Waals surface area contributed by atoms with Crippen LogP contribution in [0, 0.1) is 17.6 Å². The van der Waals surface area contributed by atoms with Gasteiger partial charge in [-0.1, -0.05) is 30.3 Å². The van der Waals surface area contributed by atoms with E-state index in [9.17, 15) is 18.7 Å². The lowest BCUT2D eigenvalue weighted by Gasteiger charge is -2.34. The summed E-state index contributed by atoms with van der Waals surface area (Å²) in [6.07, 6.45) is 0.745. The molecule has 2 aromatic rings. The second-order valence-corrected chi connectivity index (χ2v) is 6.14. The number of carbonyl (C=O) groups is 1. The van der Waals surface area contributed by atoms with Crippen LogP contribution in [0.3, 0.4) is 0 Å². The zero-order valence-corrected chi connectivity index (χ0v) is 13.2. The number of aliphatic hydroxyl groups is 1. The minimum absolute atomic E-state index is 0.0227. The maximum atomic E-state index is 13.3. The minimum Gasteiger partial charge on any atom is -0.388 e. The highest BCUT2D eigenvalue weighted by atomic mass is 19.1. The summed E-state index contributed by atoms with van der Waals surface area (Å²) in [5.74, 6) is -1.82. The molecule has 0 aromatic heterocycles. The highest BCUT2D eigenvalue weighted by Crippen LogP contribution is 2.31. The maximum Gasteiger partial charge on any atom is 0.254 e. The van der Waals surface area contributed by atoms with Gasteiger partial charge in [-0.3, -0.25) is 4.79 Å². The normalized spacial score (nSPS) is 16.9. The third-order valence-corrected chi connectivity index (χ3v) is 4.52. The van der Waals surface area contributed by atoms with Gasteiger partial charge in [0.2, 0.25) is 0 Å². The molecule has 1 N–H and O–H groups in total. The highest BCUT2D eigenvalue weighted by molar-refractivity contribution is 5.94. The quantitative estimate of drug-likeness (QED) is 0.934. The van der Waals surface area contributed by atoms with E-state index in [1.807, 2.05) is 30.3 Å². The lowest BCUT2D eigenvalue weighted by Crippen LogP contribution is -2.39. The first-order valence-electron chi connectivity index (χ1n) is 8.03. The first-order valence-corrected chi connectivity index (χ1v) is 8.03. The molecule has 2 aromatic carbocycles. The van der Waals surface area contributed by atoms with Crippen LogP contribution in [-0.2, 0) is 0 Å². The van der Waals surface area contributed by atoms with Crippen LogP contribution < -0.4 is 0 Å². The van der Waals surface area contributed by atoms with Crippen molar-refractivity contribution in [2.45, 2.75) is 18.9 Å². The number of rotatable bonds is 3. The summed E-state index contributed by atoms with van der Waals surface area (Å²) < 4.78 is 26.5. The topological polar surface area (TPSA) is 40.5 Å². The molecular weight excluding hydrogens is 312 g/mol. The Balaban J connectivity index is 1.63. The van der Waals surface area contributed by atoms with Gasteiger partial charge in [-0.25, -0.2) is 8.78 Å². The molecule has 0 aliphatic carbocycles. The number of piperidine rings is 1. The maximum absolute atomic E-state index is 13.3. The van der Waals surface area contributed by atoms with Crippen LogP contribution in [-0.4, -0.2) is 29.0 Å². The number of likely N-dealkylation sites (tertiary alicyclic amines) is 1. The van der Waals surface area contributed by atoms with Gasteiger partial charge in [-0.05, 0) is 36.5 Å². The highest BCUT2D eigenvalue weighted by Gasteiger charge is 2.28. The summed E-state index contributed by atoms with van der Waals surface area (Å²) in [7, 11) is 0. The van der Waals surface area contributed by atoms with Gasteiger partial charge in [0.15, 0.2) is 0 Å². The van der Waals surface area contributed by atoms with Gasteiger partial charge in [-0.2, -0.15) is 0 Å². The minimum atomic E-state index is -0.757. The van der Waals surface area contributed by atoms with Crippen LogP contribution in [0.2, 0.25) is 0 Å². The Bertz CT molecular complexity index is 692. The van der Waals surface area contributed by atoms with Crippen LogP contribution in [0.15, 0.2) is 48.5 Å². The Labute approximate surface area is 139 Å². The van der Waals surface area contributed by atoms with E-state index in [1.165, 1.54) is 0 Å². The summed E-state index contributed by atoms with van der Waals surface area (Å²) in [4.78, 5) is 14.0. The van der Waals surface area contributed by atoms with Crippen LogP contribution in [0.4, 0.5) is 8.78 Å². The molecular formula is C19H19F2NO2. The fourth-order valence-electron chi connectivity index (χ4n) is 3.20. The predicted molar refractivity (Wildman–Crippen MR) is 86.4 cm³/mol. The van der Waals surface area contributed by atoms with Crippen molar-refractivity contribution >= 4 is 5.91 Å². The van der Waals surface area contributed by atoms with Crippen molar-refractivity contribution in [2.75, 3.05) is 13.1 Å². The van der Waals surface area contributed by atoms with Crippen LogP contribution in [0.25, 0.3) is 0 Å². The van der Waals surface area contributed by atoms with E-state index in [4.69, 9.17) is 0 Å². The second-order valence-electron chi connectivity index (χ2n) is 6.14. The number of nitrogens with zero attached hydrogens (tertiary/aromatic N) is 1. The molecule has 0 spiro atoms. The molecule has 0 unspecified atom stereocenters. The molecule has 1 aliphatic heterocycles. The fourth-order valence-corrected chi connectivity index (χ4v) is 3.20. The Morgan fingerprint density at radius 2 is 1.62 bits per heavy atom. The van der Waals surface area contributed by atoms with Crippen molar-refractivity contribution in [1.29, 1.82) is 0 Å². The van der Waals surface area contributed by atoms with Gasteiger partial charge in [0.25, 0.3) is 5.91 Å². The first kappa shape index (κ1) is 16.6. The van der Waals surface area contributed by atoms with Crippen molar-refractivity contribution < 1.29 is 18.7 Å². The summed E-state index contributed by atoms with van der Waals surface area (Å²) in [6.45, 7) is 0.928. The van der Waals surface area contributed by atoms with E-state index >= 15 is 0 Å². The van der Waals surface area contributed by atoms with Crippen molar-refractivity contribution in [3.05, 3.63) is 71.3 Å². The Morgan fingerprint density at radius 3 is 2.21 bits per heavy atom. The summed E-state index contributed by atoms with van der Waals surface area (Å²) in [5.41, 5.74) is 0.893. The van der Waals surface area contributed by atoms with Crippen LogP contribution in [0.1, 0.15) is 34.9 Å². The zero-order chi connectivity index (χ0) is 17.1. The third-order valence-electron chi connectivity index (χ3n) is 4.52. The van der Waals surface area contributed by atoms with E-state index < -0.39 is 17.7 Å². The van der Waals surface area contributed by atoms with Gasteiger partial charge >= 0.3 is 0 Å². The largest absolute Gasteiger partial charge is 0.388 e. The Hall–Kier alpha value is -2.27. The number of hydrogen-bond acceptors (Lipinski definition) is 2. The lowest BCUT2D eigenvalue weighted by atomic mass is 9.87. The van der Waals surface area contributed by atoms with Crippen LogP contribution >= 0.6 is 0 Å². The molecule has 1 fully saturated rings. The van der Waals surface area contributed by atoms with Crippen LogP contribution in [0.5, 0.6) is 0 Å². The molecule has 0 bridgehead atoms. The molecule has 5 heteroatoms. The number of carbonyl (C=O) groups excluding carboxylic acids is 1. The fraction of sp³-hybridized carbons (Fsp3) is 0.316. The van der Waals surface area contributed by atoms with E-state index in [2.05, 4.69) is 0 Å². The molecule has 1 aliphatic rings. The molecule has 3 nitrogen and oxygen atoms in total. The van der Waals surface area contributed by atoms with Crippen molar-refractivity contribution in [3.8, 4) is 0 Å². The summed E-state index contributed by atoms with van der Waals surface area (Å²) in [6, 6.07) is 12.3. The third kappa shape index (κ3) is 3.62. The van der Waals surface area contributed by atoms with Crippen molar-refractivity contribution in [2.24, 2.45) is 5.92 Å². The van der Waals surface area contributed by atoms with Gasteiger partial charge in [0.1, 0.15) is 11.6 Å². The van der Waals surface area contributed by atoms with Gasteiger partial charge in [0.05, 0.1) is 6.10 Å². The number of benzene rings is 2. The monoisotopic (exact) mass is 331 g/mol. The molecule has 0 saturated carbocycles. The summed E-state index contributed by atoms with van der Waals surface area (Å²) >= 11 is 0. The predicted octanol–water partition coefficient (Wildman–Crippen LogP) is 3.55. The Kier molecular flexibility index (Phi) is 4.90. The van der Waals surface area contributed by atoms with E-state index in [0.29, 0.717) is 25.9 Å². The number of aliphatic hydroxyl groups excluding tert-OH is 1.